The zero-order valence-electron chi connectivity index (χ0n) is 6.76. The van der Waals surface area contributed by atoms with Crippen molar-refractivity contribution in [2.45, 2.75) is 6.42 Å². The van der Waals surface area contributed by atoms with E-state index >= 15 is 0 Å². The molecular formula is C9H7ClFNO. The van der Waals surface area contributed by atoms with Crippen molar-refractivity contribution in [2.24, 2.45) is 0 Å². The van der Waals surface area contributed by atoms with Gasteiger partial charge < -0.3 is 4.74 Å². The molecule has 0 aliphatic heterocycles. The molecule has 0 fully saturated rings. The Morgan fingerprint density at radius 2 is 2.23 bits per heavy atom. The molecule has 0 heterocycles. The number of ether oxygens (including phenoxy) is 1. The number of nitriles is 1. The Morgan fingerprint density at radius 1 is 1.46 bits per heavy atom. The monoisotopic (exact) mass is 199 g/mol. The van der Waals surface area contributed by atoms with E-state index in [0.717, 1.165) is 0 Å². The van der Waals surface area contributed by atoms with Crippen molar-refractivity contribution < 1.29 is 9.13 Å². The van der Waals surface area contributed by atoms with E-state index in [9.17, 15) is 4.39 Å². The third-order valence-electron chi connectivity index (χ3n) is 1.32. The molecule has 0 amide bonds. The highest BCUT2D eigenvalue weighted by Crippen LogP contribution is 2.19. The minimum Gasteiger partial charge on any atom is -0.492 e. The Hall–Kier alpha value is -1.27. The van der Waals surface area contributed by atoms with Crippen molar-refractivity contribution in [3.8, 4) is 11.8 Å². The second-order valence-electron chi connectivity index (χ2n) is 2.36. The summed E-state index contributed by atoms with van der Waals surface area (Å²) in [7, 11) is 0. The molecule has 0 aliphatic carbocycles. The normalized spacial score (nSPS) is 9.31. The molecule has 0 bridgehead atoms. The minimum absolute atomic E-state index is 0.246. The predicted octanol–water partition coefficient (Wildman–Crippen LogP) is 2.77. The van der Waals surface area contributed by atoms with Crippen LogP contribution in [-0.2, 0) is 0 Å². The van der Waals surface area contributed by atoms with Gasteiger partial charge in [-0.1, -0.05) is 11.6 Å². The molecule has 0 spiro atoms. The Kier molecular flexibility index (Phi) is 3.53. The molecule has 68 valence electrons. The molecule has 0 aliphatic rings. The van der Waals surface area contributed by atoms with Gasteiger partial charge in [-0.25, -0.2) is 4.39 Å². The second kappa shape index (κ2) is 4.68. The molecule has 4 heteroatoms. The van der Waals surface area contributed by atoms with Crippen LogP contribution in [0.5, 0.6) is 5.75 Å². The summed E-state index contributed by atoms with van der Waals surface area (Å²) < 4.78 is 17.8. The van der Waals surface area contributed by atoms with Gasteiger partial charge in [-0.2, -0.15) is 5.26 Å². The molecule has 0 atom stereocenters. The summed E-state index contributed by atoms with van der Waals surface area (Å²) in [6.45, 7) is 0.246. The van der Waals surface area contributed by atoms with Crippen LogP contribution in [-0.4, -0.2) is 6.61 Å². The van der Waals surface area contributed by atoms with Gasteiger partial charge in [0.2, 0.25) is 0 Å². The summed E-state index contributed by atoms with van der Waals surface area (Å²) in [5.74, 6) is -0.0975. The summed E-state index contributed by atoms with van der Waals surface area (Å²) >= 11 is 5.58. The number of benzene rings is 1. The van der Waals surface area contributed by atoms with Crippen LogP contribution in [0, 0.1) is 17.1 Å². The van der Waals surface area contributed by atoms with Gasteiger partial charge in [-0.3, -0.25) is 0 Å². The fourth-order valence-electron chi connectivity index (χ4n) is 0.826. The summed E-state index contributed by atoms with van der Waals surface area (Å²) in [6, 6.07) is 5.84. The molecule has 13 heavy (non-hydrogen) atoms. The van der Waals surface area contributed by atoms with E-state index in [0.29, 0.717) is 5.75 Å². The quantitative estimate of drug-likeness (QED) is 0.702. The molecular weight excluding hydrogens is 193 g/mol. The van der Waals surface area contributed by atoms with Crippen molar-refractivity contribution in [2.75, 3.05) is 6.61 Å². The first-order valence-electron chi connectivity index (χ1n) is 3.68. The molecule has 1 rings (SSSR count). The number of nitrogens with zero attached hydrogens (tertiary/aromatic N) is 1. The summed E-state index contributed by atoms with van der Waals surface area (Å²) in [6.07, 6.45) is 0.272. The van der Waals surface area contributed by atoms with Crippen LogP contribution in [0.2, 0.25) is 5.02 Å². The zero-order chi connectivity index (χ0) is 9.68. The third kappa shape index (κ3) is 3.30. The van der Waals surface area contributed by atoms with E-state index in [1.54, 1.807) is 0 Å². The highest BCUT2D eigenvalue weighted by atomic mass is 35.5. The van der Waals surface area contributed by atoms with E-state index in [1.165, 1.54) is 18.2 Å². The van der Waals surface area contributed by atoms with Gasteiger partial charge >= 0.3 is 0 Å². The Bertz CT molecular complexity index is 315. The van der Waals surface area contributed by atoms with Crippen molar-refractivity contribution in [3.05, 3.63) is 29.0 Å². The van der Waals surface area contributed by atoms with E-state index in [-0.39, 0.29) is 18.1 Å². The smallest absolute Gasteiger partial charge is 0.128 e. The SMILES string of the molecule is N#CCCOc1cc(F)cc(Cl)c1. The minimum atomic E-state index is -0.445. The molecule has 2 nitrogen and oxygen atoms in total. The van der Waals surface area contributed by atoms with Gasteiger partial charge in [0, 0.05) is 11.1 Å². The topological polar surface area (TPSA) is 33.0 Å². The van der Waals surface area contributed by atoms with Crippen LogP contribution in [0.25, 0.3) is 0 Å². The largest absolute Gasteiger partial charge is 0.492 e. The second-order valence-corrected chi connectivity index (χ2v) is 2.80. The van der Waals surface area contributed by atoms with Crippen LogP contribution in [0.1, 0.15) is 6.42 Å². The number of hydrogen-bond acceptors (Lipinski definition) is 2. The van der Waals surface area contributed by atoms with Gasteiger partial charge in [0.25, 0.3) is 0 Å². The number of hydrogen-bond donors (Lipinski definition) is 0. The zero-order valence-corrected chi connectivity index (χ0v) is 7.51. The molecule has 0 aromatic heterocycles. The Balaban J connectivity index is 2.62. The lowest BCUT2D eigenvalue weighted by Gasteiger charge is -2.03. The molecule has 0 radical (unpaired) electrons. The van der Waals surface area contributed by atoms with Crippen molar-refractivity contribution in [3.63, 3.8) is 0 Å². The lowest BCUT2D eigenvalue weighted by atomic mass is 10.3. The van der Waals surface area contributed by atoms with Gasteiger partial charge in [0.05, 0.1) is 12.5 Å². The fraction of sp³-hybridized carbons (Fsp3) is 0.222. The lowest BCUT2D eigenvalue weighted by Crippen LogP contribution is -1.95. The first-order chi connectivity index (χ1) is 6.22. The van der Waals surface area contributed by atoms with Gasteiger partial charge in [0.1, 0.15) is 18.2 Å². The number of halogens is 2. The van der Waals surface area contributed by atoms with Gasteiger partial charge in [-0.15, -0.1) is 0 Å². The standard InChI is InChI=1S/C9H7ClFNO/c10-7-4-8(11)6-9(5-7)13-3-1-2-12/h4-6H,1,3H2. The Labute approximate surface area is 80.5 Å². The average molecular weight is 200 g/mol. The Morgan fingerprint density at radius 3 is 2.85 bits per heavy atom. The average Bonchev–Trinajstić information content (AvgIpc) is 2.03. The maximum atomic E-state index is 12.7. The van der Waals surface area contributed by atoms with E-state index in [2.05, 4.69) is 0 Å². The van der Waals surface area contributed by atoms with Crippen LogP contribution in [0.4, 0.5) is 4.39 Å². The fourth-order valence-corrected chi connectivity index (χ4v) is 1.04. The maximum Gasteiger partial charge on any atom is 0.128 e. The molecule has 1 aromatic rings. The molecule has 0 saturated carbocycles. The number of rotatable bonds is 3. The summed E-state index contributed by atoms with van der Waals surface area (Å²) in [5, 5.41) is 8.51. The van der Waals surface area contributed by atoms with E-state index in [1.807, 2.05) is 6.07 Å². The summed E-state index contributed by atoms with van der Waals surface area (Å²) in [4.78, 5) is 0. The van der Waals surface area contributed by atoms with Crippen LogP contribution in [0.15, 0.2) is 18.2 Å². The van der Waals surface area contributed by atoms with Crippen molar-refractivity contribution in [1.82, 2.24) is 0 Å². The van der Waals surface area contributed by atoms with Crippen molar-refractivity contribution >= 4 is 11.6 Å². The first kappa shape index (κ1) is 9.82. The third-order valence-corrected chi connectivity index (χ3v) is 1.54. The predicted molar refractivity (Wildman–Crippen MR) is 47.1 cm³/mol. The first-order valence-corrected chi connectivity index (χ1v) is 4.06. The van der Waals surface area contributed by atoms with Crippen molar-refractivity contribution in [1.29, 1.82) is 5.26 Å². The van der Waals surface area contributed by atoms with Crippen LogP contribution >= 0.6 is 11.6 Å². The molecule has 0 unspecified atom stereocenters. The summed E-state index contributed by atoms with van der Waals surface area (Å²) in [5.41, 5.74) is 0. The van der Waals surface area contributed by atoms with E-state index in [4.69, 9.17) is 21.6 Å². The molecule has 0 N–H and O–H groups in total. The van der Waals surface area contributed by atoms with Crippen LogP contribution < -0.4 is 4.74 Å². The lowest BCUT2D eigenvalue weighted by molar-refractivity contribution is 0.325. The van der Waals surface area contributed by atoms with Crippen LogP contribution in [0.3, 0.4) is 0 Å². The molecule has 1 aromatic carbocycles. The van der Waals surface area contributed by atoms with E-state index < -0.39 is 5.82 Å². The molecule has 0 saturated heterocycles. The maximum absolute atomic E-state index is 12.7. The van der Waals surface area contributed by atoms with Gasteiger partial charge in [0.15, 0.2) is 0 Å². The van der Waals surface area contributed by atoms with Gasteiger partial charge in [-0.05, 0) is 12.1 Å². The highest BCUT2D eigenvalue weighted by Gasteiger charge is 1.99. The highest BCUT2D eigenvalue weighted by molar-refractivity contribution is 6.30.